The van der Waals surface area contributed by atoms with Gasteiger partial charge in [0.2, 0.25) is 10.0 Å². The minimum Gasteiger partial charge on any atom is -0.326 e. The lowest BCUT2D eigenvalue weighted by atomic mass is 9.83. The second kappa shape index (κ2) is 5.44. The van der Waals surface area contributed by atoms with Crippen LogP contribution in [0.3, 0.4) is 0 Å². The fourth-order valence-corrected chi connectivity index (χ4v) is 6.10. The van der Waals surface area contributed by atoms with Gasteiger partial charge in [0.15, 0.2) is 0 Å². The second-order valence-corrected chi connectivity index (χ2v) is 9.98. The van der Waals surface area contributed by atoms with E-state index in [1.54, 1.807) is 10.4 Å². The van der Waals surface area contributed by atoms with Crippen molar-refractivity contribution in [2.45, 2.75) is 38.1 Å². The maximum atomic E-state index is 12.6. The average Bonchev–Trinajstić information content (AvgIpc) is 2.70. The van der Waals surface area contributed by atoms with E-state index in [2.05, 4.69) is 29.8 Å². The van der Waals surface area contributed by atoms with Crippen molar-refractivity contribution in [2.24, 2.45) is 11.1 Å². The molecule has 1 saturated heterocycles. The molecule has 1 aromatic heterocycles. The van der Waals surface area contributed by atoms with Gasteiger partial charge in [-0.15, -0.1) is 11.3 Å². The predicted octanol–water partition coefficient (Wildman–Crippen LogP) is 2.78. The number of hydrogen-bond donors (Lipinski definition) is 1. The molecule has 2 rings (SSSR count). The van der Waals surface area contributed by atoms with Gasteiger partial charge in [-0.25, -0.2) is 8.42 Å². The molecule has 0 atom stereocenters. The smallest absolute Gasteiger partial charge is 0.245 e. The number of thiophene rings is 1. The van der Waals surface area contributed by atoms with E-state index in [-0.39, 0.29) is 5.41 Å². The summed E-state index contributed by atoms with van der Waals surface area (Å²) < 4.78 is 27.5. The molecular weight excluding hydrogens is 348 g/mol. The first kappa shape index (κ1) is 15.4. The highest BCUT2D eigenvalue weighted by Crippen LogP contribution is 2.37. The van der Waals surface area contributed by atoms with Crippen LogP contribution in [-0.2, 0) is 16.6 Å². The highest BCUT2D eigenvalue weighted by atomic mass is 79.9. The van der Waals surface area contributed by atoms with Gasteiger partial charge in [-0.2, -0.15) is 4.31 Å². The largest absolute Gasteiger partial charge is 0.326 e. The van der Waals surface area contributed by atoms with Crippen molar-refractivity contribution in [3.05, 3.63) is 14.7 Å². The van der Waals surface area contributed by atoms with Crippen LogP contribution in [0.25, 0.3) is 0 Å². The molecule has 0 radical (unpaired) electrons. The first-order chi connectivity index (χ1) is 8.76. The van der Waals surface area contributed by atoms with E-state index < -0.39 is 10.0 Å². The van der Waals surface area contributed by atoms with Gasteiger partial charge in [-0.3, -0.25) is 0 Å². The molecule has 108 valence electrons. The molecule has 1 aromatic rings. The van der Waals surface area contributed by atoms with E-state index in [1.807, 2.05) is 0 Å². The van der Waals surface area contributed by atoms with Gasteiger partial charge in [0.05, 0.1) is 3.79 Å². The molecule has 1 fully saturated rings. The van der Waals surface area contributed by atoms with Crippen molar-refractivity contribution in [3.8, 4) is 0 Å². The van der Waals surface area contributed by atoms with Gasteiger partial charge < -0.3 is 5.73 Å². The van der Waals surface area contributed by atoms with Crippen molar-refractivity contribution >= 4 is 37.3 Å². The van der Waals surface area contributed by atoms with E-state index in [0.717, 1.165) is 17.7 Å². The Morgan fingerprint density at radius 2 is 2.00 bits per heavy atom. The van der Waals surface area contributed by atoms with Crippen LogP contribution in [0.5, 0.6) is 0 Å². The Morgan fingerprint density at radius 3 is 2.47 bits per heavy atom. The molecule has 0 saturated carbocycles. The minimum absolute atomic E-state index is 0.236. The predicted molar refractivity (Wildman–Crippen MR) is 81.7 cm³/mol. The van der Waals surface area contributed by atoms with Crippen LogP contribution in [0.1, 0.15) is 31.6 Å². The van der Waals surface area contributed by atoms with Crippen LogP contribution < -0.4 is 5.73 Å². The van der Waals surface area contributed by atoms with Crippen LogP contribution in [0.4, 0.5) is 0 Å². The van der Waals surface area contributed by atoms with Crippen LogP contribution >= 0.6 is 27.3 Å². The number of sulfonamides is 1. The molecular formula is C12H19BrN2O2S2. The van der Waals surface area contributed by atoms with E-state index in [4.69, 9.17) is 5.73 Å². The Bertz CT molecular complexity index is 556. The molecule has 0 unspecified atom stereocenters. The lowest BCUT2D eigenvalue weighted by Gasteiger charge is -2.36. The number of hydrogen-bond acceptors (Lipinski definition) is 4. The van der Waals surface area contributed by atoms with Gasteiger partial charge in [-0.1, -0.05) is 13.8 Å². The summed E-state index contributed by atoms with van der Waals surface area (Å²) >= 11 is 4.73. The molecule has 2 heterocycles. The van der Waals surface area contributed by atoms with Gasteiger partial charge in [0, 0.05) is 24.5 Å². The molecule has 2 N–H and O–H groups in total. The molecule has 19 heavy (non-hydrogen) atoms. The maximum absolute atomic E-state index is 12.6. The molecule has 4 nitrogen and oxygen atoms in total. The topological polar surface area (TPSA) is 63.4 Å². The number of piperidine rings is 1. The Morgan fingerprint density at radius 1 is 1.42 bits per heavy atom. The summed E-state index contributed by atoms with van der Waals surface area (Å²) in [5, 5.41) is 0. The Labute approximate surface area is 127 Å². The van der Waals surface area contributed by atoms with Gasteiger partial charge >= 0.3 is 0 Å². The zero-order valence-electron chi connectivity index (χ0n) is 11.1. The number of halogens is 1. The van der Waals surface area contributed by atoms with Crippen LogP contribution in [0.15, 0.2) is 14.7 Å². The summed E-state index contributed by atoms with van der Waals surface area (Å²) in [7, 11) is -3.39. The van der Waals surface area contributed by atoms with Gasteiger partial charge in [0.1, 0.15) is 4.90 Å². The molecule has 0 spiro atoms. The molecule has 0 aliphatic carbocycles. The summed E-state index contributed by atoms with van der Waals surface area (Å²) in [6, 6.07) is 1.68. The Hall–Kier alpha value is 0.0500. The lowest BCUT2D eigenvalue weighted by molar-refractivity contribution is 0.196. The summed E-state index contributed by atoms with van der Waals surface area (Å²) in [6.45, 7) is 5.92. The third-order valence-corrected chi connectivity index (χ3v) is 7.77. The minimum atomic E-state index is -3.39. The lowest BCUT2D eigenvalue weighted by Crippen LogP contribution is -2.41. The molecule has 1 aliphatic rings. The average molecular weight is 367 g/mol. The quantitative estimate of drug-likeness (QED) is 0.894. The van der Waals surface area contributed by atoms with Gasteiger partial charge in [0.25, 0.3) is 0 Å². The van der Waals surface area contributed by atoms with Crippen LogP contribution in [-0.4, -0.2) is 25.8 Å². The van der Waals surface area contributed by atoms with E-state index >= 15 is 0 Å². The number of rotatable bonds is 3. The Kier molecular flexibility index (Phi) is 4.42. The molecule has 7 heteroatoms. The summed E-state index contributed by atoms with van der Waals surface area (Å²) in [6.07, 6.45) is 1.80. The van der Waals surface area contributed by atoms with Crippen LogP contribution in [0.2, 0.25) is 0 Å². The van der Waals surface area contributed by atoms with Crippen molar-refractivity contribution in [1.82, 2.24) is 4.31 Å². The normalized spacial score (nSPS) is 20.6. The summed E-state index contributed by atoms with van der Waals surface area (Å²) in [4.78, 5) is 1.24. The highest BCUT2D eigenvalue weighted by Gasteiger charge is 2.34. The van der Waals surface area contributed by atoms with Crippen molar-refractivity contribution in [3.63, 3.8) is 0 Å². The molecule has 0 bridgehead atoms. The van der Waals surface area contributed by atoms with E-state index in [0.29, 0.717) is 28.3 Å². The maximum Gasteiger partial charge on any atom is 0.245 e. The fourth-order valence-electron chi connectivity index (χ4n) is 2.15. The van der Waals surface area contributed by atoms with Crippen molar-refractivity contribution in [2.75, 3.05) is 13.1 Å². The first-order valence-corrected chi connectivity index (χ1v) is 9.30. The second-order valence-electron chi connectivity index (χ2n) is 5.62. The zero-order chi connectivity index (χ0) is 14.3. The van der Waals surface area contributed by atoms with Crippen LogP contribution in [0, 0.1) is 5.41 Å². The molecule has 0 amide bonds. The first-order valence-electron chi connectivity index (χ1n) is 6.25. The van der Waals surface area contributed by atoms with Gasteiger partial charge in [-0.05, 0) is 40.3 Å². The van der Waals surface area contributed by atoms with Crippen molar-refractivity contribution < 1.29 is 8.42 Å². The highest BCUT2D eigenvalue weighted by molar-refractivity contribution is 9.11. The SMILES string of the molecule is CC1(C)CCN(S(=O)(=O)c2cc(CN)sc2Br)CC1. The fraction of sp³-hybridized carbons (Fsp3) is 0.667. The summed E-state index contributed by atoms with van der Waals surface area (Å²) in [5.41, 5.74) is 5.81. The summed E-state index contributed by atoms with van der Waals surface area (Å²) in [5.74, 6) is 0. The van der Waals surface area contributed by atoms with Crippen molar-refractivity contribution in [1.29, 1.82) is 0 Å². The Balaban J connectivity index is 2.25. The molecule has 1 aliphatic heterocycles. The monoisotopic (exact) mass is 366 g/mol. The zero-order valence-corrected chi connectivity index (χ0v) is 14.4. The third-order valence-electron chi connectivity index (χ3n) is 3.60. The van der Waals surface area contributed by atoms with E-state index in [9.17, 15) is 8.42 Å². The number of nitrogens with two attached hydrogens (primary N) is 1. The standard InChI is InChI=1S/C12H19BrN2O2S2/c1-12(2)3-5-15(6-4-12)19(16,17)10-7-9(8-14)18-11(10)13/h7H,3-6,8,14H2,1-2H3. The van der Waals surface area contributed by atoms with E-state index in [1.165, 1.54) is 11.3 Å². The molecule has 0 aromatic carbocycles. The number of nitrogens with zero attached hydrogens (tertiary/aromatic N) is 1. The third kappa shape index (κ3) is 3.21.